The molecule has 2 aliphatic heterocycles. The molecule has 35 heavy (non-hydrogen) atoms. The summed E-state index contributed by atoms with van der Waals surface area (Å²) in [6.45, 7) is 11.8. The van der Waals surface area contributed by atoms with Crippen LogP contribution in [0.15, 0.2) is 18.2 Å². The monoisotopic (exact) mass is 524 g/mol. The SMILES string of the molecule is CCC(C)(CC)CN1CC[C@@H](CNC(=O)c2ccc(Cl)c(Cl)c2)N[C@@H](CCN2CCCCC2)C1=O. The third kappa shape index (κ3) is 8.08. The van der Waals surface area contributed by atoms with E-state index in [9.17, 15) is 9.59 Å². The van der Waals surface area contributed by atoms with Gasteiger partial charge in [0.25, 0.3) is 5.91 Å². The topological polar surface area (TPSA) is 64.7 Å². The first-order valence-corrected chi connectivity index (χ1v) is 14.0. The predicted octanol–water partition coefficient (Wildman–Crippen LogP) is 4.98. The smallest absolute Gasteiger partial charge is 0.251 e. The summed E-state index contributed by atoms with van der Waals surface area (Å²) in [7, 11) is 0. The standard InChI is InChI=1S/C27H42Cl2N4O2/c1-4-27(3,5-2)19-33-16-11-21(18-30-25(34)20-9-10-22(28)23(29)17-20)31-24(26(33)35)12-15-32-13-7-6-8-14-32/h9-10,17,21,24,31H,4-8,11-16,18-19H2,1-3H3,(H,30,34)/t21-,24-/m0/s1. The number of benzene rings is 1. The van der Waals surface area contributed by atoms with Crippen molar-refractivity contribution in [3.63, 3.8) is 0 Å². The van der Waals surface area contributed by atoms with Crippen molar-refractivity contribution in [2.24, 2.45) is 5.41 Å². The van der Waals surface area contributed by atoms with E-state index >= 15 is 0 Å². The third-order valence-corrected chi connectivity index (χ3v) is 8.69. The Balaban J connectivity index is 1.66. The van der Waals surface area contributed by atoms with Gasteiger partial charge in [-0.05, 0) is 75.2 Å². The minimum atomic E-state index is -0.232. The Morgan fingerprint density at radius 3 is 2.49 bits per heavy atom. The fourth-order valence-corrected chi connectivity index (χ4v) is 5.29. The number of likely N-dealkylation sites (tertiary alicyclic amines) is 1. The summed E-state index contributed by atoms with van der Waals surface area (Å²) in [6, 6.07) is 4.69. The molecule has 2 saturated heterocycles. The van der Waals surface area contributed by atoms with Gasteiger partial charge in [-0.2, -0.15) is 0 Å². The van der Waals surface area contributed by atoms with Gasteiger partial charge in [-0.1, -0.05) is 50.4 Å². The zero-order valence-corrected chi connectivity index (χ0v) is 23.1. The van der Waals surface area contributed by atoms with E-state index in [2.05, 4.69) is 41.2 Å². The van der Waals surface area contributed by atoms with Gasteiger partial charge in [0.2, 0.25) is 5.91 Å². The van der Waals surface area contributed by atoms with Crippen molar-refractivity contribution < 1.29 is 9.59 Å². The summed E-state index contributed by atoms with van der Waals surface area (Å²) >= 11 is 12.1. The molecule has 2 amide bonds. The quantitative estimate of drug-likeness (QED) is 0.452. The van der Waals surface area contributed by atoms with Crippen LogP contribution >= 0.6 is 23.2 Å². The molecule has 1 aromatic rings. The summed E-state index contributed by atoms with van der Waals surface area (Å²) in [5.74, 6) is 0.0145. The summed E-state index contributed by atoms with van der Waals surface area (Å²) in [6.07, 6.45) is 7.47. The fourth-order valence-electron chi connectivity index (χ4n) is 4.99. The van der Waals surface area contributed by atoms with Crippen LogP contribution in [0.1, 0.15) is 76.1 Å². The molecule has 196 valence electrons. The van der Waals surface area contributed by atoms with Gasteiger partial charge in [0.15, 0.2) is 0 Å². The Morgan fingerprint density at radius 1 is 1.11 bits per heavy atom. The largest absolute Gasteiger partial charge is 0.350 e. The number of nitrogens with zero attached hydrogens (tertiary/aromatic N) is 2. The van der Waals surface area contributed by atoms with Gasteiger partial charge in [-0.15, -0.1) is 0 Å². The second-order valence-corrected chi connectivity index (χ2v) is 11.3. The molecule has 0 saturated carbocycles. The Morgan fingerprint density at radius 2 is 1.83 bits per heavy atom. The number of piperidine rings is 1. The van der Waals surface area contributed by atoms with Crippen molar-refractivity contribution in [2.75, 3.05) is 39.3 Å². The maximum atomic E-state index is 13.6. The van der Waals surface area contributed by atoms with E-state index in [4.69, 9.17) is 23.2 Å². The summed E-state index contributed by atoms with van der Waals surface area (Å²) in [5.41, 5.74) is 0.601. The zero-order chi connectivity index (χ0) is 25.4. The molecule has 2 heterocycles. The molecule has 8 heteroatoms. The second kappa shape index (κ2) is 13.3. The maximum absolute atomic E-state index is 13.6. The van der Waals surface area contributed by atoms with Gasteiger partial charge in [-0.25, -0.2) is 0 Å². The van der Waals surface area contributed by atoms with E-state index in [-0.39, 0.29) is 29.3 Å². The molecule has 0 aromatic heterocycles. The minimum Gasteiger partial charge on any atom is -0.350 e. The number of halogens is 2. The van der Waals surface area contributed by atoms with E-state index in [0.717, 1.165) is 51.9 Å². The number of nitrogens with one attached hydrogen (secondary N) is 2. The van der Waals surface area contributed by atoms with E-state index in [1.165, 1.54) is 19.3 Å². The molecule has 2 fully saturated rings. The number of rotatable bonds is 10. The highest BCUT2D eigenvalue weighted by Gasteiger charge is 2.34. The summed E-state index contributed by atoms with van der Waals surface area (Å²) in [5, 5.41) is 7.42. The lowest BCUT2D eigenvalue weighted by atomic mass is 9.84. The van der Waals surface area contributed by atoms with Gasteiger partial charge < -0.3 is 20.4 Å². The van der Waals surface area contributed by atoms with Crippen LogP contribution in [0.5, 0.6) is 0 Å². The zero-order valence-electron chi connectivity index (χ0n) is 21.5. The number of carbonyl (C=O) groups excluding carboxylic acids is 2. The van der Waals surface area contributed by atoms with Crippen molar-refractivity contribution in [1.82, 2.24) is 20.4 Å². The molecular weight excluding hydrogens is 483 g/mol. The molecule has 1 aromatic carbocycles. The molecule has 3 rings (SSSR count). The average Bonchev–Trinajstić information content (AvgIpc) is 3.02. The second-order valence-electron chi connectivity index (χ2n) is 10.5. The fraction of sp³-hybridized carbons (Fsp3) is 0.704. The Labute approximate surface area is 221 Å². The van der Waals surface area contributed by atoms with Gasteiger partial charge >= 0.3 is 0 Å². The first-order valence-electron chi connectivity index (χ1n) is 13.2. The van der Waals surface area contributed by atoms with Crippen molar-refractivity contribution >= 4 is 35.0 Å². The molecule has 0 unspecified atom stereocenters. The van der Waals surface area contributed by atoms with Crippen LogP contribution < -0.4 is 10.6 Å². The Hall–Kier alpha value is -1.34. The van der Waals surface area contributed by atoms with Crippen LogP contribution in [-0.2, 0) is 4.79 Å². The molecular formula is C27H42Cl2N4O2. The lowest BCUT2D eigenvalue weighted by molar-refractivity contribution is -0.134. The molecule has 2 N–H and O–H groups in total. The third-order valence-electron chi connectivity index (χ3n) is 7.95. The normalized spacial score (nSPS) is 22.2. The van der Waals surface area contributed by atoms with Crippen LogP contribution in [0.3, 0.4) is 0 Å². The van der Waals surface area contributed by atoms with Gasteiger partial charge in [0.05, 0.1) is 16.1 Å². The number of amides is 2. The average molecular weight is 526 g/mol. The van der Waals surface area contributed by atoms with Crippen molar-refractivity contribution in [3.05, 3.63) is 33.8 Å². The van der Waals surface area contributed by atoms with Crippen molar-refractivity contribution in [2.45, 2.75) is 77.8 Å². The van der Waals surface area contributed by atoms with Crippen LogP contribution in [-0.4, -0.2) is 73.0 Å². The van der Waals surface area contributed by atoms with Crippen LogP contribution in [0, 0.1) is 5.41 Å². The van der Waals surface area contributed by atoms with Crippen molar-refractivity contribution in [3.8, 4) is 0 Å². The molecule has 0 aliphatic carbocycles. The number of hydrogen-bond acceptors (Lipinski definition) is 4. The van der Waals surface area contributed by atoms with Gasteiger partial charge in [0, 0.05) is 37.8 Å². The molecule has 0 radical (unpaired) electrons. The summed E-state index contributed by atoms with van der Waals surface area (Å²) < 4.78 is 0. The highest BCUT2D eigenvalue weighted by molar-refractivity contribution is 6.42. The first kappa shape index (κ1) is 28.2. The molecule has 2 atom stereocenters. The maximum Gasteiger partial charge on any atom is 0.251 e. The predicted molar refractivity (Wildman–Crippen MR) is 144 cm³/mol. The van der Waals surface area contributed by atoms with E-state index in [1.54, 1.807) is 18.2 Å². The lowest BCUT2D eigenvalue weighted by Crippen LogP contribution is -2.51. The first-order chi connectivity index (χ1) is 16.7. The van der Waals surface area contributed by atoms with Gasteiger partial charge in [0.1, 0.15) is 0 Å². The van der Waals surface area contributed by atoms with E-state index in [1.807, 2.05) is 0 Å². The molecule has 0 bridgehead atoms. The Bertz CT molecular complexity index is 856. The summed E-state index contributed by atoms with van der Waals surface area (Å²) in [4.78, 5) is 30.9. The van der Waals surface area contributed by atoms with Gasteiger partial charge in [-0.3, -0.25) is 9.59 Å². The lowest BCUT2D eigenvalue weighted by Gasteiger charge is -2.35. The highest BCUT2D eigenvalue weighted by atomic mass is 35.5. The molecule has 6 nitrogen and oxygen atoms in total. The molecule has 2 aliphatic rings. The highest BCUT2D eigenvalue weighted by Crippen LogP contribution is 2.28. The van der Waals surface area contributed by atoms with E-state index < -0.39 is 0 Å². The van der Waals surface area contributed by atoms with Crippen molar-refractivity contribution in [1.29, 1.82) is 0 Å². The number of carbonyl (C=O) groups is 2. The van der Waals surface area contributed by atoms with Crippen LogP contribution in [0.25, 0.3) is 0 Å². The van der Waals surface area contributed by atoms with E-state index in [0.29, 0.717) is 28.7 Å². The minimum absolute atomic E-state index is 0.0246. The number of hydrogen-bond donors (Lipinski definition) is 2. The van der Waals surface area contributed by atoms with Crippen LogP contribution in [0.2, 0.25) is 10.0 Å². The van der Waals surface area contributed by atoms with Crippen LogP contribution in [0.4, 0.5) is 0 Å². The Kier molecular flexibility index (Phi) is 10.7. The molecule has 0 spiro atoms.